The van der Waals surface area contributed by atoms with Crippen molar-refractivity contribution in [1.29, 1.82) is 0 Å². The first-order valence-corrected chi connectivity index (χ1v) is 9.35. The van der Waals surface area contributed by atoms with E-state index in [2.05, 4.69) is 10.3 Å². The molecule has 0 aliphatic carbocycles. The number of nitrogens with zero attached hydrogens (tertiary/aromatic N) is 2. The third-order valence-corrected chi connectivity index (χ3v) is 4.05. The van der Waals surface area contributed by atoms with Gasteiger partial charge in [-0.1, -0.05) is 6.07 Å². The van der Waals surface area contributed by atoms with Gasteiger partial charge in [0, 0.05) is 24.2 Å². The number of carbonyl (C=O) groups is 2. The van der Waals surface area contributed by atoms with Crippen LogP contribution in [-0.2, 0) is 9.53 Å². The lowest BCUT2D eigenvalue weighted by atomic mass is 9.98. The van der Waals surface area contributed by atoms with E-state index in [0.29, 0.717) is 18.8 Å². The molecule has 1 aliphatic heterocycles. The van der Waals surface area contributed by atoms with Crippen LogP contribution in [-0.4, -0.2) is 51.7 Å². The number of ether oxygens (including phenoxy) is 2. The molecule has 150 valence electrons. The lowest BCUT2D eigenvalue weighted by Gasteiger charge is -2.39. The summed E-state index contributed by atoms with van der Waals surface area (Å²) < 4.78 is 11.4. The van der Waals surface area contributed by atoms with Crippen LogP contribution in [0.3, 0.4) is 0 Å². The summed E-state index contributed by atoms with van der Waals surface area (Å²) in [5.74, 6) is 0.237. The maximum absolute atomic E-state index is 13.2. The predicted octanol–water partition coefficient (Wildman–Crippen LogP) is 3.14. The first-order valence-electron chi connectivity index (χ1n) is 9.35. The fraction of sp³-hybridized carbons (Fsp3) is 0.650. The van der Waals surface area contributed by atoms with E-state index in [1.54, 1.807) is 33.0 Å². The van der Waals surface area contributed by atoms with Crippen LogP contribution in [0.1, 0.15) is 54.4 Å². The van der Waals surface area contributed by atoms with Gasteiger partial charge in [-0.05, 0) is 60.6 Å². The first-order chi connectivity index (χ1) is 12.5. The number of amides is 2. The summed E-state index contributed by atoms with van der Waals surface area (Å²) in [4.78, 5) is 31.2. The number of hydrogen-bond donors (Lipinski definition) is 1. The molecule has 1 aromatic rings. The first kappa shape index (κ1) is 21.2. The third-order valence-electron chi connectivity index (χ3n) is 4.05. The van der Waals surface area contributed by atoms with E-state index in [4.69, 9.17) is 9.47 Å². The molecule has 1 aliphatic rings. The fourth-order valence-corrected chi connectivity index (χ4v) is 2.92. The van der Waals surface area contributed by atoms with Crippen LogP contribution in [0.15, 0.2) is 24.4 Å². The Bertz CT molecular complexity index is 649. The highest BCUT2D eigenvalue weighted by Gasteiger charge is 2.41. The zero-order valence-electron chi connectivity index (χ0n) is 17.1. The number of nitrogens with one attached hydrogen (secondary N) is 1. The van der Waals surface area contributed by atoms with E-state index in [1.807, 2.05) is 32.9 Å². The number of rotatable bonds is 3. The van der Waals surface area contributed by atoms with Crippen LogP contribution in [0.4, 0.5) is 4.79 Å². The molecule has 0 unspecified atom stereocenters. The topological polar surface area (TPSA) is 80.8 Å². The van der Waals surface area contributed by atoms with Crippen LogP contribution in [0.25, 0.3) is 0 Å². The molecule has 0 radical (unpaired) electrons. The van der Waals surface area contributed by atoms with Crippen molar-refractivity contribution < 1.29 is 19.1 Å². The predicted molar refractivity (Wildman–Crippen MR) is 103 cm³/mol. The summed E-state index contributed by atoms with van der Waals surface area (Å²) in [5.41, 5.74) is -1.37. The van der Waals surface area contributed by atoms with Crippen molar-refractivity contribution >= 4 is 12.0 Å². The fourth-order valence-electron chi connectivity index (χ4n) is 2.92. The number of pyridine rings is 1. The number of imide groups is 1. The van der Waals surface area contributed by atoms with Crippen molar-refractivity contribution in [3.8, 4) is 5.88 Å². The lowest BCUT2D eigenvalue weighted by molar-refractivity contribution is -0.138. The van der Waals surface area contributed by atoms with Crippen LogP contribution in [0, 0.1) is 0 Å². The summed E-state index contributed by atoms with van der Waals surface area (Å²) in [6.07, 6.45) is 2.13. The second-order valence-electron chi connectivity index (χ2n) is 8.76. The number of carbonyl (C=O) groups excluding carboxylic acids is 2. The Morgan fingerprint density at radius 2 is 1.89 bits per heavy atom. The molecule has 1 N–H and O–H groups in total. The van der Waals surface area contributed by atoms with Gasteiger partial charge in [-0.2, -0.15) is 0 Å². The smallest absolute Gasteiger partial charge is 0.417 e. The van der Waals surface area contributed by atoms with Crippen molar-refractivity contribution in [3.63, 3.8) is 0 Å². The minimum Gasteiger partial charge on any atom is -0.474 e. The van der Waals surface area contributed by atoms with Crippen molar-refractivity contribution in [2.75, 3.05) is 6.54 Å². The van der Waals surface area contributed by atoms with E-state index < -0.39 is 23.3 Å². The molecule has 1 aromatic heterocycles. The normalized spacial score (nSPS) is 20.7. The molecule has 7 heteroatoms. The van der Waals surface area contributed by atoms with Crippen molar-refractivity contribution in [3.05, 3.63) is 24.4 Å². The molecule has 1 fully saturated rings. The third kappa shape index (κ3) is 6.20. The van der Waals surface area contributed by atoms with Crippen molar-refractivity contribution in [2.45, 2.75) is 77.7 Å². The van der Waals surface area contributed by atoms with E-state index in [1.165, 1.54) is 4.90 Å². The minimum absolute atomic E-state index is 0.143. The Hall–Kier alpha value is -2.15. The Kier molecular flexibility index (Phi) is 6.46. The van der Waals surface area contributed by atoms with E-state index in [0.717, 1.165) is 6.42 Å². The summed E-state index contributed by atoms with van der Waals surface area (Å²) in [6.45, 7) is 11.4. The maximum Gasteiger partial charge on any atom is 0.417 e. The summed E-state index contributed by atoms with van der Waals surface area (Å²) in [6, 6.07) is 4.96. The Morgan fingerprint density at radius 1 is 1.19 bits per heavy atom. The highest BCUT2D eigenvalue weighted by Crippen LogP contribution is 2.23. The zero-order valence-corrected chi connectivity index (χ0v) is 17.1. The molecule has 2 heterocycles. The number of aromatic nitrogens is 1. The molecule has 0 spiro atoms. The van der Waals surface area contributed by atoms with Gasteiger partial charge in [-0.15, -0.1) is 0 Å². The second kappa shape index (κ2) is 8.25. The van der Waals surface area contributed by atoms with Gasteiger partial charge >= 0.3 is 6.09 Å². The summed E-state index contributed by atoms with van der Waals surface area (Å²) >= 11 is 0. The molecule has 2 rings (SSSR count). The standard InChI is InChI=1S/C20H31N3O4/c1-19(2,3)23(18(25)27-20(4,5)6)17(24)15-13-14(10-12-21-15)26-16-9-7-8-11-22-16/h7-9,11,14-15,21H,10,12-13H2,1-6H3/t14-,15+/m1/s1. The Labute approximate surface area is 161 Å². The molecular weight excluding hydrogens is 346 g/mol. The molecule has 27 heavy (non-hydrogen) atoms. The molecule has 0 saturated carbocycles. The van der Waals surface area contributed by atoms with Gasteiger partial charge in [0.2, 0.25) is 11.8 Å². The summed E-state index contributed by atoms with van der Waals surface area (Å²) in [5, 5.41) is 3.21. The highest BCUT2D eigenvalue weighted by atomic mass is 16.6. The molecule has 0 bridgehead atoms. The summed E-state index contributed by atoms with van der Waals surface area (Å²) in [7, 11) is 0. The lowest BCUT2D eigenvalue weighted by Crippen LogP contribution is -2.59. The van der Waals surface area contributed by atoms with Gasteiger partial charge in [0.1, 0.15) is 11.7 Å². The quantitative estimate of drug-likeness (QED) is 0.872. The number of piperidine rings is 1. The van der Waals surface area contributed by atoms with Crippen molar-refractivity contribution in [1.82, 2.24) is 15.2 Å². The average Bonchev–Trinajstić information content (AvgIpc) is 2.53. The van der Waals surface area contributed by atoms with Gasteiger partial charge in [-0.3, -0.25) is 4.79 Å². The van der Waals surface area contributed by atoms with Gasteiger partial charge in [0.15, 0.2) is 0 Å². The molecule has 2 atom stereocenters. The SMILES string of the molecule is CC(C)(C)OC(=O)N(C(=O)[C@@H]1C[C@H](Oc2ccccn2)CCN1)C(C)(C)C. The minimum atomic E-state index is -0.699. The van der Waals surface area contributed by atoms with Gasteiger partial charge < -0.3 is 14.8 Å². The van der Waals surface area contributed by atoms with Crippen molar-refractivity contribution in [2.24, 2.45) is 0 Å². The van der Waals surface area contributed by atoms with E-state index >= 15 is 0 Å². The van der Waals surface area contributed by atoms with Gasteiger partial charge in [0.25, 0.3) is 0 Å². The van der Waals surface area contributed by atoms with Gasteiger partial charge in [-0.25, -0.2) is 14.7 Å². The maximum atomic E-state index is 13.2. The second-order valence-corrected chi connectivity index (χ2v) is 8.76. The monoisotopic (exact) mass is 377 g/mol. The Balaban J connectivity index is 2.10. The highest BCUT2D eigenvalue weighted by molar-refractivity contribution is 5.96. The van der Waals surface area contributed by atoms with Gasteiger partial charge in [0.05, 0.1) is 6.04 Å². The largest absolute Gasteiger partial charge is 0.474 e. The average molecular weight is 377 g/mol. The van der Waals surface area contributed by atoms with Crippen LogP contribution >= 0.6 is 0 Å². The van der Waals surface area contributed by atoms with Crippen LogP contribution < -0.4 is 10.1 Å². The molecule has 7 nitrogen and oxygen atoms in total. The van der Waals surface area contributed by atoms with Crippen LogP contribution in [0.5, 0.6) is 5.88 Å². The molecule has 0 aromatic carbocycles. The van der Waals surface area contributed by atoms with Crippen LogP contribution in [0.2, 0.25) is 0 Å². The molecule has 2 amide bonds. The molecular formula is C20H31N3O4. The zero-order chi connectivity index (χ0) is 20.2. The number of hydrogen-bond acceptors (Lipinski definition) is 6. The van der Waals surface area contributed by atoms with E-state index in [-0.39, 0.29) is 12.0 Å². The molecule has 1 saturated heterocycles. The van der Waals surface area contributed by atoms with E-state index in [9.17, 15) is 9.59 Å². The Morgan fingerprint density at radius 3 is 2.44 bits per heavy atom.